The Labute approximate surface area is 105 Å². The number of aliphatic hydroxyl groups excluding tert-OH is 1. The first-order chi connectivity index (χ1) is 8.78. The molecule has 0 spiro atoms. The number of pyridine rings is 1. The minimum Gasteiger partial charge on any atom is -0.392 e. The topological polar surface area (TPSA) is 62.2 Å². The number of rotatable bonds is 4. The standard InChI is InChI=1S/C14H14N2O2/c17-10-11-3-5-13(6-4-11)16-14(18)8-12-2-1-7-15-9-12/h1-7,9,17H,8,10H2,(H,16,18). The zero-order valence-corrected chi connectivity index (χ0v) is 9.84. The SMILES string of the molecule is O=C(Cc1cccnc1)Nc1ccc(CO)cc1. The van der Waals surface area contributed by atoms with Gasteiger partial charge in [0.2, 0.25) is 5.91 Å². The maximum absolute atomic E-state index is 11.7. The summed E-state index contributed by atoms with van der Waals surface area (Å²) in [5, 5.41) is 11.7. The number of aromatic nitrogens is 1. The van der Waals surface area contributed by atoms with E-state index in [9.17, 15) is 4.79 Å². The predicted molar refractivity (Wildman–Crippen MR) is 68.9 cm³/mol. The van der Waals surface area contributed by atoms with Gasteiger partial charge in [0.05, 0.1) is 13.0 Å². The van der Waals surface area contributed by atoms with E-state index in [2.05, 4.69) is 10.3 Å². The van der Waals surface area contributed by atoms with Crippen molar-refractivity contribution in [2.24, 2.45) is 0 Å². The lowest BCUT2D eigenvalue weighted by molar-refractivity contribution is -0.115. The van der Waals surface area contributed by atoms with Crippen molar-refractivity contribution in [1.29, 1.82) is 0 Å². The van der Waals surface area contributed by atoms with Gasteiger partial charge in [-0.2, -0.15) is 0 Å². The van der Waals surface area contributed by atoms with Crippen LogP contribution in [0.3, 0.4) is 0 Å². The maximum Gasteiger partial charge on any atom is 0.228 e. The molecule has 4 heteroatoms. The minimum absolute atomic E-state index is 0.00388. The molecule has 1 aromatic carbocycles. The third-order valence-electron chi connectivity index (χ3n) is 2.51. The van der Waals surface area contributed by atoms with Crippen molar-refractivity contribution in [3.05, 3.63) is 59.9 Å². The molecule has 0 unspecified atom stereocenters. The molecule has 2 rings (SSSR count). The first-order valence-electron chi connectivity index (χ1n) is 5.66. The van der Waals surface area contributed by atoms with Crippen LogP contribution in [-0.2, 0) is 17.8 Å². The zero-order chi connectivity index (χ0) is 12.8. The molecule has 2 N–H and O–H groups in total. The predicted octanol–water partition coefficient (Wildman–Crippen LogP) is 1.76. The van der Waals surface area contributed by atoms with E-state index in [4.69, 9.17) is 5.11 Å². The molecule has 0 bridgehead atoms. The lowest BCUT2D eigenvalue weighted by Crippen LogP contribution is -2.14. The Hall–Kier alpha value is -2.20. The summed E-state index contributed by atoms with van der Waals surface area (Å²) in [6.45, 7) is 0.00388. The minimum atomic E-state index is -0.0836. The quantitative estimate of drug-likeness (QED) is 0.858. The van der Waals surface area contributed by atoms with Crippen molar-refractivity contribution >= 4 is 11.6 Å². The van der Waals surface area contributed by atoms with E-state index < -0.39 is 0 Å². The van der Waals surface area contributed by atoms with Crippen LogP contribution in [0.4, 0.5) is 5.69 Å². The highest BCUT2D eigenvalue weighted by atomic mass is 16.3. The van der Waals surface area contributed by atoms with Crippen LogP contribution in [0.5, 0.6) is 0 Å². The Morgan fingerprint density at radius 3 is 2.56 bits per heavy atom. The molecule has 0 fully saturated rings. The average molecular weight is 242 g/mol. The van der Waals surface area contributed by atoms with E-state index in [1.54, 1.807) is 42.7 Å². The third-order valence-corrected chi connectivity index (χ3v) is 2.51. The van der Waals surface area contributed by atoms with Gasteiger partial charge in [-0.25, -0.2) is 0 Å². The number of nitrogens with one attached hydrogen (secondary N) is 1. The summed E-state index contributed by atoms with van der Waals surface area (Å²) >= 11 is 0. The van der Waals surface area contributed by atoms with E-state index in [-0.39, 0.29) is 12.5 Å². The van der Waals surface area contributed by atoms with Crippen LogP contribution < -0.4 is 5.32 Å². The number of carbonyl (C=O) groups is 1. The van der Waals surface area contributed by atoms with Crippen molar-refractivity contribution in [2.75, 3.05) is 5.32 Å². The van der Waals surface area contributed by atoms with E-state index in [0.29, 0.717) is 6.42 Å². The second-order valence-electron chi connectivity index (χ2n) is 3.94. The summed E-state index contributed by atoms with van der Waals surface area (Å²) in [6.07, 6.45) is 3.65. The van der Waals surface area contributed by atoms with Gasteiger partial charge in [0.1, 0.15) is 0 Å². The fourth-order valence-electron chi connectivity index (χ4n) is 1.59. The second kappa shape index (κ2) is 5.93. The van der Waals surface area contributed by atoms with Gasteiger partial charge in [-0.3, -0.25) is 9.78 Å². The number of benzene rings is 1. The highest BCUT2D eigenvalue weighted by Gasteiger charge is 2.03. The maximum atomic E-state index is 11.7. The van der Waals surface area contributed by atoms with Gasteiger partial charge in [0, 0.05) is 18.1 Å². The number of hydrogen-bond acceptors (Lipinski definition) is 3. The molecule has 0 aliphatic rings. The van der Waals surface area contributed by atoms with Gasteiger partial charge in [-0.15, -0.1) is 0 Å². The number of anilines is 1. The second-order valence-corrected chi connectivity index (χ2v) is 3.94. The van der Waals surface area contributed by atoms with Crippen LogP contribution in [0.25, 0.3) is 0 Å². The van der Waals surface area contributed by atoms with Crippen molar-refractivity contribution < 1.29 is 9.90 Å². The molecule has 0 saturated carbocycles. The fourth-order valence-corrected chi connectivity index (χ4v) is 1.59. The van der Waals surface area contributed by atoms with Crippen LogP contribution in [0, 0.1) is 0 Å². The van der Waals surface area contributed by atoms with Crippen LogP contribution in [0.15, 0.2) is 48.8 Å². The number of carbonyl (C=O) groups excluding carboxylic acids is 1. The molecule has 0 atom stereocenters. The molecule has 4 nitrogen and oxygen atoms in total. The largest absolute Gasteiger partial charge is 0.392 e. The summed E-state index contributed by atoms with van der Waals surface area (Å²) in [5.41, 5.74) is 2.42. The summed E-state index contributed by atoms with van der Waals surface area (Å²) in [7, 11) is 0. The van der Waals surface area contributed by atoms with Gasteiger partial charge in [0.15, 0.2) is 0 Å². The van der Waals surface area contributed by atoms with Crippen LogP contribution >= 0.6 is 0 Å². The highest BCUT2D eigenvalue weighted by molar-refractivity contribution is 5.92. The normalized spacial score (nSPS) is 10.1. The summed E-state index contributed by atoms with van der Waals surface area (Å²) in [4.78, 5) is 15.7. The average Bonchev–Trinajstić information content (AvgIpc) is 2.40. The Kier molecular flexibility index (Phi) is 4.04. The lowest BCUT2D eigenvalue weighted by Gasteiger charge is -2.05. The molecular formula is C14H14N2O2. The Bertz CT molecular complexity index is 509. The van der Waals surface area contributed by atoms with E-state index in [1.165, 1.54) is 0 Å². The zero-order valence-electron chi connectivity index (χ0n) is 9.84. The molecule has 0 saturated heterocycles. The Morgan fingerprint density at radius 1 is 1.17 bits per heavy atom. The summed E-state index contributed by atoms with van der Waals surface area (Å²) in [5.74, 6) is -0.0836. The van der Waals surface area contributed by atoms with Crippen LogP contribution in [-0.4, -0.2) is 16.0 Å². The molecule has 0 aliphatic carbocycles. The molecule has 92 valence electrons. The van der Waals surface area contributed by atoms with Crippen molar-refractivity contribution in [2.45, 2.75) is 13.0 Å². The van der Waals surface area contributed by atoms with Gasteiger partial charge in [-0.05, 0) is 29.3 Å². The number of nitrogens with zero attached hydrogens (tertiary/aromatic N) is 1. The van der Waals surface area contributed by atoms with Crippen LogP contribution in [0.2, 0.25) is 0 Å². The van der Waals surface area contributed by atoms with Gasteiger partial charge >= 0.3 is 0 Å². The van der Waals surface area contributed by atoms with Gasteiger partial charge < -0.3 is 10.4 Å². The molecule has 1 aromatic heterocycles. The van der Waals surface area contributed by atoms with Gasteiger partial charge in [0.25, 0.3) is 0 Å². The smallest absolute Gasteiger partial charge is 0.228 e. The first kappa shape index (κ1) is 12.3. The Morgan fingerprint density at radius 2 is 1.94 bits per heavy atom. The molecule has 18 heavy (non-hydrogen) atoms. The number of hydrogen-bond donors (Lipinski definition) is 2. The monoisotopic (exact) mass is 242 g/mol. The summed E-state index contributed by atoms with van der Waals surface area (Å²) < 4.78 is 0. The summed E-state index contributed by atoms with van der Waals surface area (Å²) in [6, 6.07) is 10.8. The fraction of sp³-hybridized carbons (Fsp3) is 0.143. The lowest BCUT2D eigenvalue weighted by atomic mass is 10.2. The molecule has 0 aliphatic heterocycles. The van der Waals surface area contributed by atoms with Gasteiger partial charge in [-0.1, -0.05) is 18.2 Å². The number of amides is 1. The molecular weight excluding hydrogens is 228 g/mol. The molecule has 0 radical (unpaired) electrons. The van der Waals surface area contributed by atoms with E-state index in [0.717, 1.165) is 16.8 Å². The molecule has 2 aromatic rings. The molecule has 1 heterocycles. The molecule has 1 amide bonds. The first-order valence-corrected chi connectivity index (χ1v) is 5.66. The van der Waals surface area contributed by atoms with Crippen LogP contribution in [0.1, 0.15) is 11.1 Å². The third kappa shape index (κ3) is 3.40. The van der Waals surface area contributed by atoms with Crippen molar-refractivity contribution in [1.82, 2.24) is 4.98 Å². The highest BCUT2D eigenvalue weighted by Crippen LogP contribution is 2.10. The van der Waals surface area contributed by atoms with Crippen molar-refractivity contribution in [3.8, 4) is 0 Å². The van der Waals surface area contributed by atoms with E-state index in [1.807, 2.05) is 6.07 Å². The van der Waals surface area contributed by atoms with E-state index >= 15 is 0 Å². The Balaban J connectivity index is 1.94. The van der Waals surface area contributed by atoms with Crippen molar-refractivity contribution in [3.63, 3.8) is 0 Å². The number of aliphatic hydroxyl groups is 1.